The first-order valence-corrected chi connectivity index (χ1v) is 6.24. The maximum Gasteiger partial charge on any atom is 0.239 e. The number of hydrogen-bond donors (Lipinski definition) is 2. The Kier molecular flexibility index (Phi) is 6.67. The molecule has 1 heterocycles. The van der Waals surface area contributed by atoms with Gasteiger partial charge in [-0.1, -0.05) is 0 Å². The molecule has 0 saturated carbocycles. The summed E-state index contributed by atoms with van der Waals surface area (Å²) in [6, 6.07) is 3.62. The maximum absolute atomic E-state index is 11.5. The summed E-state index contributed by atoms with van der Waals surface area (Å²) in [5, 5.41) is 5.73. The Morgan fingerprint density at radius 1 is 1.47 bits per heavy atom. The van der Waals surface area contributed by atoms with Crippen LogP contribution in [-0.2, 0) is 9.53 Å². The second-order valence-electron chi connectivity index (χ2n) is 4.22. The monoisotopic (exact) mass is 267 g/mol. The van der Waals surface area contributed by atoms with Crippen LogP contribution in [-0.4, -0.2) is 43.8 Å². The molecule has 0 spiro atoms. The Bertz CT molecular complexity index is 396. The quantitative estimate of drug-likeness (QED) is 0.689. The first-order chi connectivity index (χ1) is 9.13. The highest BCUT2D eigenvalue weighted by Gasteiger charge is 2.07. The molecule has 1 amide bonds. The first kappa shape index (κ1) is 15.2. The summed E-state index contributed by atoms with van der Waals surface area (Å²) < 4.78 is 10.4. The van der Waals surface area contributed by atoms with Crippen LogP contribution in [0.15, 0.2) is 18.3 Å². The molecule has 1 aromatic heterocycles. The third kappa shape index (κ3) is 6.05. The molecule has 106 valence electrons. The number of rotatable bonds is 8. The van der Waals surface area contributed by atoms with E-state index in [1.54, 1.807) is 19.4 Å². The number of nitrogens with zero attached hydrogens (tertiary/aromatic N) is 1. The van der Waals surface area contributed by atoms with Crippen LogP contribution in [0.1, 0.15) is 13.8 Å². The lowest BCUT2D eigenvalue weighted by Crippen LogP contribution is -2.32. The molecule has 0 unspecified atom stereocenters. The highest BCUT2D eigenvalue weighted by atomic mass is 16.5. The molecule has 6 nitrogen and oxygen atoms in total. The van der Waals surface area contributed by atoms with E-state index < -0.39 is 0 Å². The van der Waals surface area contributed by atoms with Gasteiger partial charge >= 0.3 is 0 Å². The predicted molar refractivity (Wildman–Crippen MR) is 73.4 cm³/mol. The minimum atomic E-state index is -0.101. The van der Waals surface area contributed by atoms with E-state index in [2.05, 4.69) is 15.6 Å². The molecular formula is C13H21N3O3. The van der Waals surface area contributed by atoms with Crippen molar-refractivity contribution >= 4 is 11.6 Å². The molecule has 19 heavy (non-hydrogen) atoms. The number of ether oxygens (including phenoxy) is 2. The summed E-state index contributed by atoms with van der Waals surface area (Å²) >= 11 is 0. The molecule has 2 N–H and O–H groups in total. The van der Waals surface area contributed by atoms with Gasteiger partial charge in [-0.15, -0.1) is 0 Å². The zero-order valence-corrected chi connectivity index (χ0v) is 11.6. The minimum Gasteiger partial charge on any atom is -0.473 e. The van der Waals surface area contributed by atoms with Crippen molar-refractivity contribution in [1.29, 1.82) is 0 Å². The van der Waals surface area contributed by atoms with Crippen LogP contribution in [0, 0.1) is 0 Å². The molecular weight excluding hydrogens is 246 g/mol. The Morgan fingerprint density at radius 3 is 2.95 bits per heavy atom. The highest BCUT2D eigenvalue weighted by Crippen LogP contribution is 2.21. The van der Waals surface area contributed by atoms with Gasteiger partial charge in [-0.2, -0.15) is 0 Å². The van der Waals surface area contributed by atoms with E-state index in [0.29, 0.717) is 24.7 Å². The van der Waals surface area contributed by atoms with Crippen LogP contribution < -0.4 is 15.4 Å². The van der Waals surface area contributed by atoms with E-state index in [-0.39, 0.29) is 18.6 Å². The van der Waals surface area contributed by atoms with Crippen molar-refractivity contribution in [1.82, 2.24) is 10.3 Å². The SMILES string of the molecule is COCCNC(=O)CNc1cccnc1OC(C)C. The Hall–Kier alpha value is -1.82. The van der Waals surface area contributed by atoms with Crippen LogP contribution in [0.3, 0.4) is 0 Å². The molecule has 0 fully saturated rings. The number of anilines is 1. The van der Waals surface area contributed by atoms with Crippen LogP contribution in [0.2, 0.25) is 0 Å². The topological polar surface area (TPSA) is 72.5 Å². The zero-order chi connectivity index (χ0) is 14.1. The van der Waals surface area contributed by atoms with E-state index in [4.69, 9.17) is 9.47 Å². The van der Waals surface area contributed by atoms with Crippen LogP contribution >= 0.6 is 0 Å². The van der Waals surface area contributed by atoms with Crippen molar-refractivity contribution in [3.05, 3.63) is 18.3 Å². The summed E-state index contributed by atoms with van der Waals surface area (Å²) in [5.74, 6) is 0.401. The van der Waals surface area contributed by atoms with Gasteiger partial charge in [0.2, 0.25) is 11.8 Å². The molecule has 0 bridgehead atoms. The number of carbonyl (C=O) groups excluding carboxylic acids is 1. The molecule has 0 aromatic carbocycles. The van der Waals surface area contributed by atoms with Gasteiger partial charge in [0.1, 0.15) is 0 Å². The van der Waals surface area contributed by atoms with Gasteiger partial charge in [-0.05, 0) is 26.0 Å². The molecule has 0 aliphatic carbocycles. The fourth-order valence-electron chi connectivity index (χ4n) is 1.37. The number of pyridine rings is 1. The number of amides is 1. The molecule has 1 rings (SSSR count). The molecule has 6 heteroatoms. The molecule has 1 aromatic rings. The summed E-state index contributed by atoms with van der Waals surface area (Å²) in [4.78, 5) is 15.7. The summed E-state index contributed by atoms with van der Waals surface area (Å²) in [6.07, 6.45) is 1.69. The molecule has 0 saturated heterocycles. The Labute approximate surface area is 113 Å². The number of methoxy groups -OCH3 is 1. The number of hydrogen-bond acceptors (Lipinski definition) is 5. The van der Waals surface area contributed by atoms with Crippen molar-refractivity contribution in [2.45, 2.75) is 20.0 Å². The largest absolute Gasteiger partial charge is 0.473 e. The fraction of sp³-hybridized carbons (Fsp3) is 0.538. The zero-order valence-electron chi connectivity index (χ0n) is 11.6. The van der Waals surface area contributed by atoms with E-state index in [9.17, 15) is 4.79 Å². The van der Waals surface area contributed by atoms with Gasteiger partial charge in [0.25, 0.3) is 0 Å². The Balaban J connectivity index is 2.46. The number of aromatic nitrogens is 1. The van der Waals surface area contributed by atoms with Crippen molar-refractivity contribution in [2.75, 3.05) is 32.1 Å². The van der Waals surface area contributed by atoms with Gasteiger partial charge in [-0.25, -0.2) is 4.98 Å². The Morgan fingerprint density at radius 2 is 2.26 bits per heavy atom. The number of nitrogens with one attached hydrogen (secondary N) is 2. The van der Waals surface area contributed by atoms with E-state index in [1.165, 1.54) is 0 Å². The second-order valence-corrected chi connectivity index (χ2v) is 4.22. The molecule has 0 aliphatic rings. The van der Waals surface area contributed by atoms with Crippen molar-refractivity contribution in [2.24, 2.45) is 0 Å². The number of carbonyl (C=O) groups is 1. The van der Waals surface area contributed by atoms with E-state index in [1.807, 2.05) is 19.9 Å². The van der Waals surface area contributed by atoms with Crippen LogP contribution in [0.5, 0.6) is 5.88 Å². The smallest absolute Gasteiger partial charge is 0.239 e. The van der Waals surface area contributed by atoms with Crippen LogP contribution in [0.25, 0.3) is 0 Å². The minimum absolute atomic E-state index is 0.0333. The highest BCUT2D eigenvalue weighted by molar-refractivity contribution is 5.81. The van der Waals surface area contributed by atoms with Crippen molar-refractivity contribution in [3.8, 4) is 5.88 Å². The molecule has 0 radical (unpaired) electrons. The van der Waals surface area contributed by atoms with Crippen molar-refractivity contribution < 1.29 is 14.3 Å². The van der Waals surface area contributed by atoms with Gasteiger partial charge in [0, 0.05) is 19.9 Å². The van der Waals surface area contributed by atoms with E-state index >= 15 is 0 Å². The van der Waals surface area contributed by atoms with Gasteiger partial charge in [-0.3, -0.25) is 4.79 Å². The summed E-state index contributed by atoms with van der Waals surface area (Å²) in [7, 11) is 1.59. The lowest BCUT2D eigenvalue weighted by atomic mass is 10.4. The summed E-state index contributed by atoms with van der Waals surface area (Å²) in [6.45, 7) is 5.02. The third-order valence-electron chi connectivity index (χ3n) is 2.19. The van der Waals surface area contributed by atoms with Gasteiger partial charge in [0.15, 0.2) is 0 Å². The fourth-order valence-corrected chi connectivity index (χ4v) is 1.37. The molecule has 0 atom stereocenters. The lowest BCUT2D eigenvalue weighted by Gasteiger charge is -2.14. The van der Waals surface area contributed by atoms with Crippen LogP contribution in [0.4, 0.5) is 5.69 Å². The second kappa shape index (κ2) is 8.31. The maximum atomic E-state index is 11.5. The summed E-state index contributed by atoms with van der Waals surface area (Å²) in [5.41, 5.74) is 0.707. The first-order valence-electron chi connectivity index (χ1n) is 6.24. The van der Waals surface area contributed by atoms with E-state index in [0.717, 1.165) is 0 Å². The van der Waals surface area contributed by atoms with Gasteiger partial charge in [0.05, 0.1) is 24.9 Å². The molecule has 0 aliphatic heterocycles. The van der Waals surface area contributed by atoms with Crippen molar-refractivity contribution in [3.63, 3.8) is 0 Å². The van der Waals surface area contributed by atoms with Gasteiger partial charge < -0.3 is 20.1 Å². The lowest BCUT2D eigenvalue weighted by molar-refractivity contribution is -0.119. The third-order valence-corrected chi connectivity index (χ3v) is 2.19. The standard InChI is InChI=1S/C13H21N3O3/c1-10(2)19-13-11(5-4-6-15-13)16-9-12(17)14-7-8-18-3/h4-6,10,16H,7-9H2,1-3H3,(H,14,17). The average Bonchev–Trinajstić information content (AvgIpc) is 2.37. The average molecular weight is 267 g/mol. The normalized spacial score (nSPS) is 10.3. The predicted octanol–water partition coefficient (Wildman–Crippen LogP) is 1.04.